The number of hydrogen-bond donors (Lipinski definition) is 0. The summed E-state index contributed by atoms with van der Waals surface area (Å²) in [5, 5.41) is 0. The molecule has 0 saturated carbocycles. The van der Waals surface area contributed by atoms with E-state index in [0.29, 0.717) is 0 Å². The van der Waals surface area contributed by atoms with Crippen LogP contribution in [0.1, 0.15) is 38.5 Å². The Morgan fingerprint density at radius 1 is 0.341 bits per heavy atom. The van der Waals surface area contributed by atoms with Gasteiger partial charge in [-0.1, -0.05) is 182 Å². The minimum absolute atomic E-state index is 0.241. The van der Waals surface area contributed by atoms with Crippen molar-refractivity contribution >= 4 is 0 Å². The van der Waals surface area contributed by atoms with Gasteiger partial charge < -0.3 is 0 Å². The number of rotatable bonds is 3. The highest BCUT2D eigenvalue weighted by atomic mass is 14.3. The molecule has 5 rings (SSSR count). The highest BCUT2D eigenvalue weighted by Crippen LogP contribution is 2.41. The van der Waals surface area contributed by atoms with E-state index in [4.69, 9.17) is 0 Å². The Labute approximate surface area is 265 Å². The van der Waals surface area contributed by atoms with Gasteiger partial charge in [-0.2, -0.15) is 0 Å². The van der Waals surface area contributed by atoms with Gasteiger partial charge in [-0.15, -0.1) is 0 Å². The van der Waals surface area contributed by atoms with Gasteiger partial charge in [0.2, 0.25) is 0 Å². The highest BCUT2D eigenvalue weighted by Gasteiger charge is 2.28. The molecule has 0 saturated heterocycles. The van der Waals surface area contributed by atoms with Gasteiger partial charge in [0.1, 0.15) is 0 Å². The first-order valence-corrected chi connectivity index (χ1v) is 16.1. The van der Waals surface area contributed by atoms with Crippen LogP contribution in [0.2, 0.25) is 0 Å². The van der Waals surface area contributed by atoms with Gasteiger partial charge >= 0.3 is 0 Å². The predicted molar refractivity (Wildman–Crippen MR) is 193 cm³/mol. The lowest BCUT2D eigenvalue weighted by atomic mass is 9.72. The van der Waals surface area contributed by atoms with Crippen molar-refractivity contribution in [2.75, 3.05) is 0 Å². The number of hydrogen-bond acceptors (Lipinski definition) is 0. The monoisotopic (exact) mass is 572 g/mol. The smallest absolute Gasteiger partial charge is 0.0128 e. The predicted octanol–water partition coefficient (Wildman–Crippen LogP) is 11.9. The molecule has 44 heavy (non-hydrogen) atoms. The van der Waals surface area contributed by atoms with E-state index in [-0.39, 0.29) is 11.8 Å². The first-order valence-electron chi connectivity index (χ1n) is 16.1. The molecule has 5 aliphatic carbocycles. The molecule has 0 spiro atoms. The lowest BCUT2D eigenvalue weighted by molar-refractivity contribution is 0.603. The standard InChI is InChI=1S/C44H44/c1-3-7-15-25-37(26-16-8-4-1)38-27-17-11-12-20-30-40(36-35-38)42-32-22-14-13-21-31-41(43-33-23-24-34-44(42)43)39-28-18-9-5-2-6-10-19-29-39/h1-5,7-15,17-25,27,29-34,43-44H,6,16,26,28,35-36H2/b3-1-,5-2-,8-4+,15-7-,17-11-,18-9-,19-10-,20-12-,21-13-,22-14-,37-25-,38-27-,39-29+,40-30-,41-31+,42-32+. The summed E-state index contributed by atoms with van der Waals surface area (Å²) in [4.78, 5) is 0. The molecular weight excluding hydrogens is 528 g/mol. The van der Waals surface area contributed by atoms with Crippen LogP contribution in [0.15, 0.2) is 216 Å². The van der Waals surface area contributed by atoms with Crippen LogP contribution in [0.3, 0.4) is 0 Å². The van der Waals surface area contributed by atoms with Crippen molar-refractivity contribution in [1.82, 2.24) is 0 Å². The zero-order valence-corrected chi connectivity index (χ0v) is 25.7. The second-order valence-electron chi connectivity index (χ2n) is 11.3. The topological polar surface area (TPSA) is 0 Å². The third kappa shape index (κ3) is 9.16. The molecule has 0 aromatic carbocycles. The van der Waals surface area contributed by atoms with Crippen LogP contribution in [-0.2, 0) is 0 Å². The fourth-order valence-corrected chi connectivity index (χ4v) is 6.11. The summed E-state index contributed by atoms with van der Waals surface area (Å²) in [7, 11) is 0. The van der Waals surface area contributed by atoms with Gasteiger partial charge in [-0.05, 0) is 72.0 Å². The molecule has 0 fully saturated rings. The van der Waals surface area contributed by atoms with Gasteiger partial charge in [0, 0.05) is 11.8 Å². The largest absolute Gasteiger partial charge is 0.0842 e. The van der Waals surface area contributed by atoms with Gasteiger partial charge in [-0.25, -0.2) is 0 Å². The summed E-state index contributed by atoms with van der Waals surface area (Å²) < 4.78 is 0. The Morgan fingerprint density at radius 2 is 0.818 bits per heavy atom. The zero-order valence-electron chi connectivity index (χ0n) is 25.7. The summed E-state index contributed by atoms with van der Waals surface area (Å²) in [5.74, 6) is 0.486. The zero-order chi connectivity index (χ0) is 30.1. The number of allylic oxidation sites excluding steroid dienone is 36. The average Bonchev–Trinajstić information content (AvgIpc) is 3.06. The summed E-state index contributed by atoms with van der Waals surface area (Å²) in [6.07, 6.45) is 72.8. The Balaban J connectivity index is 1.49. The van der Waals surface area contributed by atoms with Crippen LogP contribution in [0.4, 0.5) is 0 Å². The first-order chi connectivity index (χ1) is 21.9. The Hall–Kier alpha value is -4.68. The molecule has 0 aromatic rings. The van der Waals surface area contributed by atoms with Crippen molar-refractivity contribution in [3.8, 4) is 0 Å². The second-order valence-corrected chi connectivity index (χ2v) is 11.3. The van der Waals surface area contributed by atoms with Crippen molar-refractivity contribution in [1.29, 1.82) is 0 Å². The van der Waals surface area contributed by atoms with E-state index < -0.39 is 0 Å². The maximum atomic E-state index is 2.41. The number of fused-ring (bicyclic) bond motifs is 1. The lowest BCUT2D eigenvalue weighted by Gasteiger charge is -2.31. The molecule has 0 heterocycles. The third-order valence-corrected chi connectivity index (χ3v) is 8.37. The molecule has 0 N–H and O–H groups in total. The van der Waals surface area contributed by atoms with Gasteiger partial charge in [0.05, 0.1) is 0 Å². The van der Waals surface area contributed by atoms with E-state index >= 15 is 0 Å². The van der Waals surface area contributed by atoms with Crippen LogP contribution < -0.4 is 0 Å². The molecule has 0 nitrogen and oxygen atoms in total. The van der Waals surface area contributed by atoms with E-state index in [0.717, 1.165) is 38.5 Å². The Bertz CT molecular complexity index is 1570. The van der Waals surface area contributed by atoms with Crippen LogP contribution in [0.5, 0.6) is 0 Å². The van der Waals surface area contributed by atoms with Crippen LogP contribution in [0.25, 0.3) is 0 Å². The highest BCUT2D eigenvalue weighted by molar-refractivity contribution is 5.51. The minimum atomic E-state index is 0.241. The fourth-order valence-electron chi connectivity index (χ4n) is 6.11. The van der Waals surface area contributed by atoms with E-state index in [1.807, 2.05) is 0 Å². The summed E-state index contributed by atoms with van der Waals surface area (Å²) in [5.41, 5.74) is 8.37. The van der Waals surface area contributed by atoms with E-state index in [2.05, 4.69) is 182 Å². The van der Waals surface area contributed by atoms with Crippen molar-refractivity contribution < 1.29 is 0 Å². The first kappa shape index (κ1) is 30.8. The maximum absolute atomic E-state index is 2.41. The minimum Gasteiger partial charge on any atom is -0.0842 e. The third-order valence-electron chi connectivity index (χ3n) is 8.37. The van der Waals surface area contributed by atoms with Crippen molar-refractivity contribution in [2.45, 2.75) is 38.5 Å². The molecule has 5 aliphatic rings. The maximum Gasteiger partial charge on any atom is 0.0128 e. The molecule has 0 radical (unpaired) electrons. The van der Waals surface area contributed by atoms with Crippen molar-refractivity contribution in [2.24, 2.45) is 11.8 Å². The van der Waals surface area contributed by atoms with E-state index in [1.54, 1.807) is 0 Å². The van der Waals surface area contributed by atoms with Gasteiger partial charge in [0.25, 0.3) is 0 Å². The molecular formula is C44H44. The Morgan fingerprint density at radius 3 is 1.55 bits per heavy atom. The summed E-state index contributed by atoms with van der Waals surface area (Å²) in [6.45, 7) is 0. The molecule has 0 heteroatoms. The molecule has 0 aromatic heterocycles. The second kappa shape index (κ2) is 17.4. The van der Waals surface area contributed by atoms with Crippen molar-refractivity contribution in [3.05, 3.63) is 216 Å². The molecule has 220 valence electrons. The van der Waals surface area contributed by atoms with Crippen molar-refractivity contribution in [3.63, 3.8) is 0 Å². The van der Waals surface area contributed by atoms with Crippen LogP contribution in [0, 0.1) is 11.8 Å². The molecule has 2 unspecified atom stereocenters. The molecule has 0 amide bonds. The molecule has 2 atom stereocenters. The fraction of sp³-hybridized carbons (Fsp3) is 0.182. The van der Waals surface area contributed by atoms with Gasteiger partial charge in [-0.3, -0.25) is 0 Å². The lowest BCUT2D eigenvalue weighted by Crippen LogP contribution is -2.20. The molecule has 0 bridgehead atoms. The average molecular weight is 573 g/mol. The van der Waals surface area contributed by atoms with Gasteiger partial charge in [0.15, 0.2) is 0 Å². The Kier molecular flexibility index (Phi) is 12.2. The summed E-state index contributed by atoms with van der Waals surface area (Å²) >= 11 is 0. The normalized spacial score (nSPS) is 38.4. The van der Waals surface area contributed by atoms with Crippen LogP contribution >= 0.6 is 0 Å². The van der Waals surface area contributed by atoms with E-state index in [9.17, 15) is 0 Å². The molecule has 0 aliphatic heterocycles. The van der Waals surface area contributed by atoms with E-state index in [1.165, 1.54) is 33.4 Å². The quantitative estimate of drug-likeness (QED) is 0.315. The van der Waals surface area contributed by atoms with Crippen LogP contribution in [-0.4, -0.2) is 0 Å². The summed E-state index contributed by atoms with van der Waals surface area (Å²) in [6, 6.07) is 0. The SMILES string of the molecule is C1=CC2C(/C3=C\C=C/C=C\C=C(/C4=C\C=C/C=C\C=C\CC4)CC3)=C/C=C\C=C/C=C(\C3=C\C=C/C/C=C\C=C/C3)C2C=C1.